The summed E-state index contributed by atoms with van der Waals surface area (Å²) in [5, 5.41) is 17.8. The summed E-state index contributed by atoms with van der Waals surface area (Å²) in [7, 11) is 0. The van der Waals surface area contributed by atoms with Crippen LogP contribution in [0, 0.1) is 0 Å². The minimum Gasteiger partial charge on any atom is -0.480 e. The molecule has 0 spiro atoms. The lowest BCUT2D eigenvalue weighted by molar-refractivity contribution is -0.142. The number of carbonyl (C=O) groups excluding carboxylic acids is 1. The molecular weight excluding hydrogens is 318 g/mol. The molecule has 1 aliphatic carbocycles. The fourth-order valence-corrected chi connectivity index (χ4v) is 2.30. The molecule has 0 aliphatic heterocycles. The summed E-state index contributed by atoms with van der Waals surface area (Å²) >= 11 is 3.37. The second-order valence-corrected chi connectivity index (χ2v) is 5.07. The smallest absolute Gasteiger partial charge is 0.329 e. The Hall–Kier alpha value is -1.41. The number of amides is 1. The van der Waals surface area contributed by atoms with E-state index in [0.29, 0.717) is 16.1 Å². The molecule has 1 amide bonds. The standard InChI is InChI=1S/C11H14BrN3O4/c12-8-9(6-1-2-6)14-15-10(8)11(18)13-3-4-19-5-7(16)17/h6H,1-5H2,(H,13,18)(H,14,15)(H,16,17). The first kappa shape index (κ1) is 14.0. The van der Waals surface area contributed by atoms with Gasteiger partial charge in [-0.05, 0) is 28.8 Å². The fourth-order valence-electron chi connectivity index (χ4n) is 1.61. The van der Waals surface area contributed by atoms with Crippen molar-refractivity contribution >= 4 is 27.8 Å². The number of H-pyrrole nitrogens is 1. The lowest BCUT2D eigenvalue weighted by atomic mass is 10.2. The van der Waals surface area contributed by atoms with E-state index in [1.165, 1.54) is 0 Å². The maximum atomic E-state index is 11.8. The normalized spacial score (nSPS) is 14.4. The third kappa shape index (κ3) is 3.77. The molecule has 2 rings (SSSR count). The molecule has 0 atom stereocenters. The lowest BCUT2D eigenvalue weighted by Gasteiger charge is -2.03. The molecule has 104 valence electrons. The maximum absolute atomic E-state index is 11.8. The summed E-state index contributed by atoms with van der Waals surface area (Å²) in [6.07, 6.45) is 2.23. The predicted octanol–water partition coefficient (Wildman–Crippen LogP) is 0.881. The summed E-state index contributed by atoms with van der Waals surface area (Å²) in [4.78, 5) is 22.0. The van der Waals surface area contributed by atoms with Crippen LogP contribution in [0.4, 0.5) is 0 Å². The highest BCUT2D eigenvalue weighted by Gasteiger charge is 2.30. The van der Waals surface area contributed by atoms with E-state index in [-0.39, 0.29) is 25.7 Å². The number of halogens is 1. The average molecular weight is 332 g/mol. The zero-order valence-corrected chi connectivity index (χ0v) is 11.7. The molecule has 19 heavy (non-hydrogen) atoms. The third-order valence-corrected chi connectivity index (χ3v) is 3.49. The SMILES string of the molecule is O=C(O)COCCNC(=O)c1n[nH]c(C2CC2)c1Br. The van der Waals surface area contributed by atoms with Crippen LogP contribution in [0.2, 0.25) is 0 Å². The first-order chi connectivity index (χ1) is 9.09. The van der Waals surface area contributed by atoms with Gasteiger partial charge in [0.25, 0.3) is 5.91 Å². The molecule has 0 saturated heterocycles. The number of aliphatic carboxylic acids is 1. The van der Waals surface area contributed by atoms with Crippen molar-refractivity contribution in [3.8, 4) is 0 Å². The summed E-state index contributed by atoms with van der Waals surface area (Å²) in [5.74, 6) is -0.869. The van der Waals surface area contributed by atoms with Crippen LogP contribution in [0.15, 0.2) is 4.47 Å². The van der Waals surface area contributed by atoms with Gasteiger partial charge in [0.2, 0.25) is 0 Å². The van der Waals surface area contributed by atoms with Gasteiger partial charge < -0.3 is 15.2 Å². The zero-order chi connectivity index (χ0) is 13.8. The van der Waals surface area contributed by atoms with E-state index < -0.39 is 5.97 Å². The molecule has 7 nitrogen and oxygen atoms in total. The van der Waals surface area contributed by atoms with Crippen molar-refractivity contribution in [3.05, 3.63) is 15.9 Å². The van der Waals surface area contributed by atoms with Crippen molar-refractivity contribution < 1.29 is 19.4 Å². The van der Waals surface area contributed by atoms with Crippen LogP contribution < -0.4 is 5.32 Å². The maximum Gasteiger partial charge on any atom is 0.329 e. The van der Waals surface area contributed by atoms with Crippen molar-refractivity contribution in [1.82, 2.24) is 15.5 Å². The topological polar surface area (TPSA) is 104 Å². The number of carbonyl (C=O) groups is 2. The van der Waals surface area contributed by atoms with E-state index in [2.05, 4.69) is 31.4 Å². The molecule has 1 aliphatic rings. The Labute approximate surface area is 117 Å². The molecule has 0 unspecified atom stereocenters. The fraction of sp³-hybridized carbons (Fsp3) is 0.545. The van der Waals surface area contributed by atoms with E-state index >= 15 is 0 Å². The number of hydrogen-bond donors (Lipinski definition) is 3. The molecule has 0 bridgehead atoms. The van der Waals surface area contributed by atoms with Gasteiger partial charge in [-0.25, -0.2) is 4.79 Å². The van der Waals surface area contributed by atoms with Crippen LogP contribution in [-0.4, -0.2) is 46.9 Å². The highest BCUT2D eigenvalue weighted by atomic mass is 79.9. The third-order valence-electron chi connectivity index (χ3n) is 2.69. The number of nitrogens with zero attached hydrogens (tertiary/aromatic N) is 1. The Morgan fingerprint density at radius 3 is 2.89 bits per heavy atom. The molecule has 1 fully saturated rings. The molecular formula is C11H14BrN3O4. The molecule has 0 aromatic carbocycles. The summed E-state index contributed by atoms with van der Waals surface area (Å²) < 4.78 is 5.52. The minimum atomic E-state index is -1.03. The highest BCUT2D eigenvalue weighted by molar-refractivity contribution is 9.10. The Bertz CT molecular complexity index is 484. The molecule has 1 aromatic rings. The molecule has 1 heterocycles. The van der Waals surface area contributed by atoms with Crippen molar-refractivity contribution in [1.29, 1.82) is 0 Å². The molecule has 8 heteroatoms. The van der Waals surface area contributed by atoms with E-state index in [1.54, 1.807) is 0 Å². The van der Waals surface area contributed by atoms with Gasteiger partial charge in [-0.3, -0.25) is 9.89 Å². The number of ether oxygens (including phenoxy) is 1. The van der Waals surface area contributed by atoms with E-state index in [9.17, 15) is 9.59 Å². The summed E-state index contributed by atoms with van der Waals surface area (Å²) in [6.45, 7) is 0.0214. The second-order valence-electron chi connectivity index (χ2n) is 4.28. The molecule has 0 radical (unpaired) electrons. The van der Waals surface area contributed by atoms with E-state index in [1.807, 2.05) is 0 Å². The van der Waals surface area contributed by atoms with Crippen molar-refractivity contribution in [2.24, 2.45) is 0 Å². The number of aromatic nitrogens is 2. The first-order valence-electron chi connectivity index (χ1n) is 5.91. The zero-order valence-electron chi connectivity index (χ0n) is 10.1. The number of hydrogen-bond acceptors (Lipinski definition) is 4. The minimum absolute atomic E-state index is 0.148. The number of rotatable bonds is 7. The van der Waals surface area contributed by atoms with Gasteiger partial charge in [0.15, 0.2) is 5.69 Å². The van der Waals surface area contributed by atoms with Crippen molar-refractivity contribution in [3.63, 3.8) is 0 Å². The predicted molar refractivity (Wildman–Crippen MR) is 69.1 cm³/mol. The van der Waals surface area contributed by atoms with Crippen LogP contribution >= 0.6 is 15.9 Å². The Kier molecular flexibility index (Phi) is 4.54. The Morgan fingerprint density at radius 1 is 1.53 bits per heavy atom. The number of carboxylic acid groups (broad SMARTS) is 1. The van der Waals surface area contributed by atoms with E-state index in [4.69, 9.17) is 9.84 Å². The van der Waals surface area contributed by atoms with Gasteiger partial charge >= 0.3 is 5.97 Å². The lowest BCUT2D eigenvalue weighted by Crippen LogP contribution is -2.28. The largest absolute Gasteiger partial charge is 0.480 e. The van der Waals surface area contributed by atoms with Crippen LogP contribution in [0.1, 0.15) is 34.9 Å². The van der Waals surface area contributed by atoms with Crippen LogP contribution in [0.25, 0.3) is 0 Å². The molecule has 3 N–H and O–H groups in total. The van der Waals surface area contributed by atoms with Crippen LogP contribution in [0.5, 0.6) is 0 Å². The van der Waals surface area contributed by atoms with Crippen LogP contribution in [0.3, 0.4) is 0 Å². The van der Waals surface area contributed by atoms with Crippen LogP contribution in [-0.2, 0) is 9.53 Å². The highest BCUT2D eigenvalue weighted by Crippen LogP contribution is 2.42. The van der Waals surface area contributed by atoms with Crippen molar-refractivity contribution in [2.75, 3.05) is 19.8 Å². The number of nitrogens with one attached hydrogen (secondary N) is 2. The van der Waals surface area contributed by atoms with Gasteiger partial charge in [-0.15, -0.1) is 0 Å². The Morgan fingerprint density at radius 2 is 2.26 bits per heavy atom. The number of carboxylic acids is 1. The quantitative estimate of drug-likeness (QED) is 0.643. The van der Waals surface area contributed by atoms with Gasteiger partial charge in [-0.1, -0.05) is 0 Å². The molecule has 1 saturated carbocycles. The monoisotopic (exact) mass is 331 g/mol. The van der Waals surface area contributed by atoms with E-state index in [0.717, 1.165) is 18.5 Å². The summed E-state index contributed by atoms with van der Waals surface area (Å²) in [5.41, 5.74) is 1.28. The Balaban J connectivity index is 1.78. The first-order valence-corrected chi connectivity index (χ1v) is 6.70. The second kappa shape index (κ2) is 6.16. The van der Waals surface area contributed by atoms with Gasteiger partial charge in [-0.2, -0.15) is 5.10 Å². The average Bonchev–Trinajstić information content (AvgIpc) is 3.12. The molecule has 1 aromatic heterocycles. The number of aromatic amines is 1. The van der Waals surface area contributed by atoms with Gasteiger partial charge in [0.1, 0.15) is 6.61 Å². The van der Waals surface area contributed by atoms with Gasteiger partial charge in [0.05, 0.1) is 16.8 Å². The van der Waals surface area contributed by atoms with Crippen molar-refractivity contribution in [2.45, 2.75) is 18.8 Å². The summed E-state index contributed by atoms with van der Waals surface area (Å²) in [6, 6.07) is 0. The van der Waals surface area contributed by atoms with Gasteiger partial charge in [0, 0.05) is 12.5 Å².